The third-order valence-corrected chi connectivity index (χ3v) is 5.22. The van der Waals surface area contributed by atoms with Crippen LogP contribution in [-0.4, -0.2) is 50.4 Å². The monoisotopic (exact) mass is 398 g/mol. The summed E-state index contributed by atoms with van der Waals surface area (Å²) in [5.74, 6) is 2.89. The van der Waals surface area contributed by atoms with Crippen molar-refractivity contribution >= 4 is 5.91 Å². The lowest BCUT2D eigenvalue weighted by Gasteiger charge is -2.23. The van der Waals surface area contributed by atoms with Crippen LogP contribution in [0.15, 0.2) is 36.4 Å². The summed E-state index contributed by atoms with van der Waals surface area (Å²) in [6.07, 6.45) is 1.04. The number of methoxy groups -OCH3 is 1. The molecule has 2 aromatic rings. The molecular formula is C22H26N2O5. The number of fused-ring (bicyclic) bond motifs is 2. The highest BCUT2D eigenvalue weighted by molar-refractivity contribution is 5.94. The molecule has 0 fully saturated rings. The average Bonchev–Trinajstić information content (AvgIpc) is 3.14. The minimum atomic E-state index is -0.122. The van der Waals surface area contributed by atoms with Gasteiger partial charge in [0.15, 0.2) is 11.5 Å². The molecule has 0 radical (unpaired) electrons. The zero-order valence-electron chi connectivity index (χ0n) is 16.8. The smallest absolute Gasteiger partial charge is 0.251 e. The first kappa shape index (κ1) is 19.4. The van der Waals surface area contributed by atoms with Crippen molar-refractivity contribution in [1.29, 1.82) is 0 Å². The SMILES string of the molecule is CC[C@H]1CN(CCNC(=O)c2ccc3c(c2)OCO3)Cc2cc(OC)ccc2O1. The first-order chi connectivity index (χ1) is 14.2. The number of ether oxygens (including phenoxy) is 4. The Hall–Kier alpha value is -2.93. The van der Waals surface area contributed by atoms with E-state index in [1.807, 2.05) is 18.2 Å². The zero-order valence-corrected chi connectivity index (χ0v) is 16.8. The van der Waals surface area contributed by atoms with E-state index in [2.05, 4.69) is 17.1 Å². The molecule has 1 atom stereocenters. The van der Waals surface area contributed by atoms with Gasteiger partial charge in [0.1, 0.15) is 17.6 Å². The second-order valence-electron chi connectivity index (χ2n) is 7.18. The summed E-state index contributed by atoms with van der Waals surface area (Å²) in [4.78, 5) is 14.8. The maximum Gasteiger partial charge on any atom is 0.251 e. The fourth-order valence-electron chi connectivity index (χ4n) is 3.58. The number of hydrogen-bond acceptors (Lipinski definition) is 6. The third kappa shape index (κ3) is 4.40. The molecule has 0 saturated heterocycles. The summed E-state index contributed by atoms with van der Waals surface area (Å²) in [5.41, 5.74) is 1.66. The van der Waals surface area contributed by atoms with Gasteiger partial charge in [-0.15, -0.1) is 0 Å². The molecule has 0 bridgehead atoms. The predicted molar refractivity (Wildman–Crippen MR) is 108 cm³/mol. The van der Waals surface area contributed by atoms with Gasteiger partial charge in [0.25, 0.3) is 5.91 Å². The van der Waals surface area contributed by atoms with Crippen LogP contribution in [0.1, 0.15) is 29.3 Å². The van der Waals surface area contributed by atoms with E-state index < -0.39 is 0 Å². The largest absolute Gasteiger partial charge is 0.497 e. The van der Waals surface area contributed by atoms with Gasteiger partial charge < -0.3 is 24.3 Å². The molecule has 154 valence electrons. The number of hydrogen-bond donors (Lipinski definition) is 1. The minimum Gasteiger partial charge on any atom is -0.497 e. The molecule has 7 nitrogen and oxygen atoms in total. The Bertz CT molecular complexity index is 886. The molecule has 29 heavy (non-hydrogen) atoms. The van der Waals surface area contributed by atoms with Crippen molar-refractivity contribution in [2.45, 2.75) is 26.0 Å². The number of rotatable bonds is 6. The molecule has 2 heterocycles. The Morgan fingerprint density at radius 2 is 2.00 bits per heavy atom. The van der Waals surface area contributed by atoms with Gasteiger partial charge in [-0.05, 0) is 42.8 Å². The molecule has 0 aliphatic carbocycles. The van der Waals surface area contributed by atoms with Gasteiger partial charge in [-0.3, -0.25) is 9.69 Å². The van der Waals surface area contributed by atoms with Crippen LogP contribution in [0.25, 0.3) is 0 Å². The van der Waals surface area contributed by atoms with Gasteiger partial charge >= 0.3 is 0 Å². The molecule has 2 aliphatic rings. The lowest BCUT2D eigenvalue weighted by molar-refractivity contribution is 0.0942. The lowest BCUT2D eigenvalue weighted by Crippen LogP contribution is -2.38. The van der Waals surface area contributed by atoms with E-state index >= 15 is 0 Å². The summed E-state index contributed by atoms with van der Waals surface area (Å²) < 4.78 is 22.2. The van der Waals surface area contributed by atoms with Crippen molar-refractivity contribution in [1.82, 2.24) is 10.2 Å². The van der Waals surface area contributed by atoms with Gasteiger partial charge in [0, 0.05) is 37.3 Å². The normalized spacial score (nSPS) is 17.8. The van der Waals surface area contributed by atoms with Crippen LogP contribution in [0.5, 0.6) is 23.0 Å². The van der Waals surface area contributed by atoms with Crippen LogP contribution in [0.2, 0.25) is 0 Å². The van der Waals surface area contributed by atoms with Crippen molar-refractivity contribution < 1.29 is 23.7 Å². The van der Waals surface area contributed by atoms with Crippen molar-refractivity contribution in [3.8, 4) is 23.0 Å². The maximum absolute atomic E-state index is 12.5. The summed E-state index contributed by atoms with van der Waals surface area (Å²) in [6.45, 7) is 5.16. The Morgan fingerprint density at radius 3 is 2.83 bits per heavy atom. The van der Waals surface area contributed by atoms with Gasteiger partial charge in [-0.1, -0.05) is 6.92 Å². The summed E-state index contributed by atoms with van der Waals surface area (Å²) in [6, 6.07) is 11.1. The van der Waals surface area contributed by atoms with Crippen LogP contribution >= 0.6 is 0 Å². The lowest BCUT2D eigenvalue weighted by atomic mass is 10.1. The molecule has 7 heteroatoms. The van der Waals surface area contributed by atoms with Crippen molar-refractivity contribution in [3.05, 3.63) is 47.5 Å². The molecule has 1 N–H and O–H groups in total. The van der Waals surface area contributed by atoms with Crippen LogP contribution in [0.3, 0.4) is 0 Å². The van der Waals surface area contributed by atoms with Crippen LogP contribution < -0.4 is 24.3 Å². The topological polar surface area (TPSA) is 69.3 Å². The number of nitrogens with zero attached hydrogens (tertiary/aromatic N) is 1. The van der Waals surface area contributed by atoms with Gasteiger partial charge in [-0.2, -0.15) is 0 Å². The summed E-state index contributed by atoms with van der Waals surface area (Å²) in [7, 11) is 1.66. The van der Waals surface area contributed by atoms with Gasteiger partial charge in [0.05, 0.1) is 7.11 Å². The first-order valence-electron chi connectivity index (χ1n) is 9.90. The number of nitrogens with one attached hydrogen (secondary N) is 1. The Labute approximate surface area is 170 Å². The molecular weight excluding hydrogens is 372 g/mol. The summed E-state index contributed by atoms with van der Waals surface area (Å²) in [5, 5.41) is 2.99. The van der Waals surface area contributed by atoms with E-state index in [0.29, 0.717) is 23.6 Å². The van der Waals surface area contributed by atoms with E-state index in [0.717, 1.165) is 43.1 Å². The van der Waals surface area contributed by atoms with Crippen LogP contribution in [0.4, 0.5) is 0 Å². The van der Waals surface area contributed by atoms with Crippen LogP contribution in [0, 0.1) is 0 Å². The van der Waals surface area contributed by atoms with E-state index in [-0.39, 0.29) is 18.8 Å². The van der Waals surface area contributed by atoms with Crippen LogP contribution in [-0.2, 0) is 6.54 Å². The zero-order chi connectivity index (χ0) is 20.2. The fraction of sp³-hybridized carbons (Fsp3) is 0.409. The van der Waals surface area contributed by atoms with E-state index in [9.17, 15) is 4.79 Å². The van der Waals surface area contributed by atoms with Gasteiger partial charge in [0.2, 0.25) is 6.79 Å². The number of carbonyl (C=O) groups excluding carboxylic acids is 1. The molecule has 1 amide bonds. The Kier molecular flexibility index (Phi) is 5.76. The Balaban J connectivity index is 1.37. The quantitative estimate of drug-likeness (QED) is 0.807. The van der Waals surface area contributed by atoms with Crippen molar-refractivity contribution in [3.63, 3.8) is 0 Å². The molecule has 2 aromatic carbocycles. The minimum absolute atomic E-state index is 0.120. The third-order valence-electron chi connectivity index (χ3n) is 5.22. The maximum atomic E-state index is 12.5. The molecule has 0 spiro atoms. The Morgan fingerprint density at radius 1 is 1.17 bits per heavy atom. The second-order valence-corrected chi connectivity index (χ2v) is 7.18. The van der Waals surface area contributed by atoms with Crippen molar-refractivity contribution in [2.75, 3.05) is 33.5 Å². The number of amides is 1. The van der Waals surface area contributed by atoms with E-state index in [1.54, 1.807) is 25.3 Å². The van der Waals surface area contributed by atoms with Gasteiger partial charge in [-0.25, -0.2) is 0 Å². The second kappa shape index (κ2) is 8.61. The molecule has 4 rings (SSSR count). The predicted octanol–water partition coefficient (Wildman–Crippen LogP) is 2.83. The highest BCUT2D eigenvalue weighted by atomic mass is 16.7. The number of benzene rings is 2. The highest BCUT2D eigenvalue weighted by Crippen LogP contribution is 2.32. The average molecular weight is 398 g/mol. The highest BCUT2D eigenvalue weighted by Gasteiger charge is 2.22. The molecule has 0 saturated carbocycles. The summed E-state index contributed by atoms with van der Waals surface area (Å²) >= 11 is 0. The standard InChI is InChI=1S/C22H26N2O5/c1-3-17-13-24(12-16-10-18(26-2)5-7-19(16)29-17)9-8-23-22(25)15-4-6-20-21(11-15)28-14-27-20/h4-7,10-11,17H,3,8-9,12-14H2,1-2H3,(H,23,25)/t17-/m0/s1. The molecule has 0 aromatic heterocycles. The molecule has 2 aliphatic heterocycles. The fourth-order valence-corrected chi connectivity index (χ4v) is 3.58. The first-order valence-corrected chi connectivity index (χ1v) is 9.90. The van der Waals surface area contributed by atoms with E-state index in [4.69, 9.17) is 18.9 Å². The van der Waals surface area contributed by atoms with Crippen molar-refractivity contribution in [2.24, 2.45) is 0 Å². The number of carbonyl (C=O) groups is 1. The van der Waals surface area contributed by atoms with E-state index in [1.165, 1.54) is 0 Å². The molecule has 0 unspecified atom stereocenters.